The lowest BCUT2D eigenvalue weighted by atomic mass is 10.1. The normalized spacial score (nSPS) is 12.0. The van der Waals surface area contributed by atoms with Crippen molar-refractivity contribution in [2.45, 2.75) is 11.8 Å². The molecule has 0 aliphatic carbocycles. The van der Waals surface area contributed by atoms with E-state index in [-0.39, 0.29) is 14.9 Å². The zero-order valence-electron chi connectivity index (χ0n) is 13.9. The van der Waals surface area contributed by atoms with Crippen LogP contribution in [0.25, 0.3) is 17.0 Å². The summed E-state index contributed by atoms with van der Waals surface area (Å²) in [6.07, 6.45) is 4.07. The van der Waals surface area contributed by atoms with Gasteiger partial charge in [-0.1, -0.05) is 23.2 Å². The molecule has 27 heavy (non-hydrogen) atoms. The van der Waals surface area contributed by atoms with Crippen LogP contribution in [0.1, 0.15) is 11.1 Å². The number of hydrogen-bond acceptors (Lipinski definition) is 3. The fourth-order valence-electron chi connectivity index (χ4n) is 2.52. The third-order valence-corrected chi connectivity index (χ3v) is 5.93. The second-order valence-electron chi connectivity index (χ2n) is 5.77. The van der Waals surface area contributed by atoms with Crippen LogP contribution in [-0.2, 0) is 14.8 Å². The molecule has 0 fully saturated rings. The van der Waals surface area contributed by atoms with E-state index in [1.54, 1.807) is 6.20 Å². The minimum absolute atomic E-state index is 0.0480. The molecule has 0 radical (unpaired) electrons. The van der Waals surface area contributed by atoms with Crippen LogP contribution >= 0.6 is 23.2 Å². The van der Waals surface area contributed by atoms with Crippen LogP contribution in [0.4, 0.5) is 4.39 Å². The first kappa shape index (κ1) is 19.4. The van der Waals surface area contributed by atoms with Crippen molar-refractivity contribution in [1.82, 2.24) is 9.71 Å². The minimum Gasteiger partial charge on any atom is -0.360 e. The van der Waals surface area contributed by atoms with Crippen LogP contribution in [-0.4, -0.2) is 19.3 Å². The Bertz CT molecular complexity index is 1190. The maximum atomic E-state index is 13.8. The zero-order chi connectivity index (χ0) is 19.8. The number of halogens is 3. The van der Waals surface area contributed by atoms with Crippen LogP contribution in [0.5, 0.6) is 0 Å². The van der Waals surface area contributed by atoms with Gasteiger partial charge in [0.2, 0.25) is 0 Å². The van der Waals surface area contributed by atoms with Gasteiger partial charge in [-0.2, -0.15) is 0 Å². The molecule has 0 unspecified atom stereocenters. The van der Waals surface area contributed by atoms with E-state index in [9.17, 15) is 17.6 Å². The van der Waals surface area contributed by atoms with Gasteiger partial charge in [-0.3, -0.25) is 4.79 Å². The van der Waals surface area contributed by atoms with Crippen molar-refractivity contribution in [2.24, 2.45) is 0 Å². The SMILES string of the molecule is Cc1c[nH]c2c(C=CC(=O)NS(=O)(=O)c3ccc(Cl)c(Cl)c3)cc(F)cc12. The van der Waals surface area contributed by atoms with Gasteiger partial charge < -0.3 is 4.98 Å². The first-order chi connectivity index (χ1) is 12.7. The van der Waals surface area contributed by atoms with E-state index < -0.39 is 21.7 Å². The Morgan fingerprint density at radius 1 is 1.19 bits per heavy atom. The topological polar surface area (TPSA) is 79.0 Å². The summed E-state index contributed by atoms with van der Waals surface area (Å²) in [7, 11) is -4.13. The largest absolute Gasteiger partial charge is 0.360 e. The van der Waals surface area contributed by atoms with E-state index in [0.717, 1.165) is 17.7 Å². The van der Waals surface area contributed by atoms with Crippen molar-refractivity contribution in [3.05, 3.63) is 69.6 Å². The van der Waals surface area contributed by atoms with Crippen molar-refractivity contribution in [2.75, 3.05) is 0 Å². The highest BCUT2D eigenvalue weighted by Crippen LogP contribution is 2.25. The van der Waals surface area contributed by atoms with Gasteiger partial charge >= 0.3 is 0 Å². The lowest BCUT2D eigenvalue weighted by molar-refractivity contribution is -0.114. The van der Waals surface area contributed by atoms with Gasteiger partial charge in [-0.05, 0) is 48.9 Å². The maximum Gasteiger partial charge on any atom is 0.264 e. The molecule has 1 aromatic heterocycles. The van der Waals surface area contributed by atoms with Gasteiger partial charge in [0.15, 0.2) is 0 Å². The van der Waals surface area contributed by atoms with Crippen LogP contribution in [0.15, 0.2) is 47.5 Å². The number of benzene rings is 2. The smallest absolute Gasteiger partial charge is 0.264 e. The molecule has 1 amide bonds. The highest BCUT2D eigenvalue weighted by atomic mass is 35.5. The second-order valence-corrected chi connectivity index (χ2v) is 8.27. The van der Waals surface area contributed by atoms with Crippen LogP contribution in [0.2, 0.25) is 10.0 Å². The number of nitrogens with one attached hydrogen (secondary N) is 2. The van der Waals surface area contributed by atoms with Crippen LogP contribution in [0.3, 0.4) is 0 Å². The van der Waals surface area contributed by atoms with Gasteiger partial charge in [0.05, 0.1) is 20.5 Å². The molecule has 2 N–H and O–H groups in total. The van der Waals surface area contributed by atoms with Crippen molar-refractivity contribution in [3.63, 3.8) is 0 Å². The number of aryl methyl sites for hydroxylation is 1. The third-order valence-electron chi connectivity index (χ3n) is 3.84. The maximum absolute atomic E-state index is 13.8. The number of fused-ring (bicyclic) bond motifs is 1. The molecular formula is C18H13Cl2FN2O3S. The summed E-state index contributed by atoms with van der Waals surface area (Å²) in [5, 5.41) is 0.920. The molecule has 0 aliphatic heterocycles. The summed E-state index contributed by atoms with van der Waals surface area (Å²) in [4.78, 5) is 14.8. The number of carbonyl (C=O) groups is 1. The molecule has 9 heteroatoms. The Kier molecular flexibility index (Phi) is 5.28. The Morgan fingerprint density at radius 2 is 1.93 bits per heavy atom. The summed E-state index contributed by atoms with van der Waals surface area (Å²) in [5.74, 6) is -1.35. The summed E-state index contributed by atoms with van der Waals surface area (Å²) >= 11 is 11.6. The lowest BCUT2D eigenvalue weighted by Gasteiger charge is -2.06. The van der Waals surface area contributed by atoms with E-state index >= 15 is 0 Å². The molecule has 0 saturated carbocycles. The summed E-state index contributed by atoms with van der Waals surface area (Å²) in [6, 6.07) is 6.31. The van der Waals surface area contributed by atoms with E-state index in [1.807, 2.05) is 11.6 Å². The molecular weight excluding hydrogens is 414 g/mol. The lowest BCUT2D eigenvalue weighted by Crippen LogP contribution is -2.28. The average molecular weight is 427 g/mol. The van der Waals surface area contributed by atoms with E-state index in [1.165, 1.54) is 30.3 Å². The van der Waals surface area contributed by atoms with Gasteiger partial charge in [0, 0.05) is 23.2 Å². The number of H-pyrrole nitrogens is 1. The monoisotopic (exact) mass is 426 g/mol. The van der Waals surface area contributed by atoms with Gasteiger partial charge in [0.1, 0.15) is 5.82 Å². The van der Waals surface area contributed by atoms with Gasteiger partial charge in [-0.25, -0.2) is 17.5 Å². The highest BCUT2D eigenvalue weighted by Gasteiger charge is 2.17. The summed E-state index contributed by atoms with van der Waals surface area (Å²) < 4.78 is 40.2. The molecule has 0 saturated heterocycles. The summed E-state index contributed by atoms with van der Waals surface area (Å²) in [6.45, 7) is 1.82. The zero-order valence-corrected chi connectivity index (χ0v) is 16.2. The number of amides is 1. The Morgan fingerprint density at radius 3 is 2.63 bits per heavy atom. The predicted octanol–water partition coefficient (Wildman–Crippen LogP) is 4.44. The first-order valence-electron chi connectivity index (χ1n) is 7.64. The molecule has 3 rings (SSSR count). The number of aromatic amines is 1. The highest BCUT2D eigenvalue weighted by molar-refractivity contribution is 7.90. The molecule has 2 aromatic carbocycles. The molecule has 5 nitrogen and oxygen atoms in total. The number of aromatic nitrogens is 1. The van der Waals surface area contributed by atoms with Gasteiger partial charge in [-0.15, -0.1) is 0 Å². The quantitative estimate of drug-likeness (QED) is 0.605. The molecule has 0 spiro atoms. The van der Waals surface area contributed by atoms with Crippen LogP contribution < -0.4 is 4.72 Å². The standard InChI is InChI=1S/C18H13Cl2FN2O3S/c1-10-9-22-18-11(6-12(21)7-14(10)18)2-5-17(24)23-27(25,26)13-3-4-15(19)16(20)8-13/h2-9,22H,1H3,(H,23,24). The van der Waals surface area contributed by atoms with Crippen molar-refractivity contribution in [1.29, 1.82) is 0 Å². The second kappa shape index (κ2) is 7.34. The fraction of sp³-hybridized carbons (Fsp3) is 0.0556. The van der Waals surface area contributed by atoms with E-state index in [0.29, 0.717) is 16.5 Å². The van der Waals surface area contributed by atoms with Crippen molar-refractivity contribution >= 4 is 56.1 Å². The van der Waals surface area contributed by atoms with E-state index in [4.69, 9.17) is 23.2 Å². The van der Waals surface area contributed by atoms with Crippen LogP contribution in [0, 0.1) is 12.7 Å². The molecule has 0 bridgehead atoms. The fourth-order valence-corrected chi connectivity index (χ4v) is 3.86. The summed E-state index contributed by atoms with van der Waals surface area (Å²) in [5.41, 5.74) is 1.91. The average Bonchev–Trinajstić information content (AvgIpc) is 2.96. The third kappa shape index (κ3) is 4.16. The van der Waals surface area contributed by atoms with Crippen molar-refractivity contribution in [3.8, 4) is 0 Å². The van der Waals surface area contributed by atoms with E-state index in [2.05, 4.69) is 4.98 Å². The molecule has 1 heterocycles. The first-order valence-corrected chi connectivity index (χ1v) is 9.88. The number of rotatable bonds is 4. The number of hydrogen-bond donors (Lipinski definition) is 2. The molecule has 0 atom stereocenters. The predicted molar refractivity (Wildman–Crippen MR) is 104 cm³/mol. The Balaban J connectivity index is 1.84. The minimum atomic E-state index is -4.13. The van der Waals surface area contributed by atoms with Gasteiger partial charge in [0.25, 0.3) is 15.9 Å². The number of sulfonamides is 1. The molecule has 0 aliphatic rings. The Hall–Kier alpha value is -2.35. The molecule has 140 valence electrons. The number of carbonyl (C=O) groups excluding carboxylic acids is 1. The van der Waals surface area contributed by atoms with Crippen molar-refractivity contribution < 1.29 is 17.6 Å². The molecule has 3 aromatic rings. The Labute approximate surface area is 164 Å².